The van der Waals surface area contributed by atoms with Crippen molar-refractivity contribution in [2.45, 2.75) is 0 Å². The Morgan fingerprint density at radius 1 is 1.58 bits per heavy atom. The van der Waals surface area contributed by atoms with E-state index in [1.807, 2.05) is 0 Å². The average Bonchev–Trinajstić information content (AvgIpc) is 2.49. The number of nitrogens with one attached hydrogen (secondary N) is 1. The van der Waals surface area contributed by atoms with Crippen molar-refractivity contribution in [3.8, 4) is 0 Å². The highest BCUT2D eigenvalue weighted by Gasteiger charge is 2.04. The lowest BCUT2D eigenvalue weighted by Crippen LogP contribution is -1.79. The molecular weight excluding hydrogens is 222 g/mol. The van der Waals surface area contributed by atoms with Crippen molar-refractivity contribution in [1.29, 1.82) is 0 Å². The summed E-state index contributed by atoms with van der Waals surface area (Å²) in [4.78, 5) is 21.1. The molecule has 12 heavy (non-hydrogen) atoms. The van der Waals surface area contributed by atoms with Crippen LogP contribution in [0.5, 0.6) is 0 Å². The van der Waals surface area contributed by atoms with Crippen molar-refractivity contribution in [2.75, 3.05) is 0 Å². The third-order valence-electron chi connectivity index (χ3n) is 1.47. The first-order valence-electron chi connectivity index (χ1n) is 3.26. The minimum Gasteiger partial charge on any atom is -0.333 e. The Labute approximate surface area is 76.2 Å². The normalized spacial score (nSPS) is 10.4. The summed E-state index contributed by atoms with van der Waals surface area (Å²) in [7, 11) is 0. The first-order valence-corrected chi connectivity index (χ1v) is 4.06. The van der Waals surface area contributed by atoms with Gasteiger partial charge < -0.3 is 4.98 Å². The summed E-state index contributed by atoms with van der Waals surface area (Å²) >= 11 is 3.31. The lowest BCUT2D eigenvalue weighted by atomic mass is 10.4. The zero-order valence-electron chi connectivity index (χ0n) is 5.91. The largest absolute Gasteiger partial charge is 0.333 e. The fourth-order valence-electron chi connectivity index (χ4n) is 0.954. The summed E-state index contributed by atoms with van der Waals surface area (Å²) in [5.41, 5.74) is 1.30. The quantitative estimate of drug-likeness (QED) is 0.750. The second kappa shape index (κ2) is 2.67. The summed E-state index contributed by atoms with van der Waals surface area (Å²) in [6, 6.07) is 1.79. The van der Waals surface area contributed by atoms with Crippen molar-refractivity contribution < 1.29 is 4.79 Å². The number of halogens is 1. The number of pyridine rings is 1. The highest BCUT2D eigenvalue weighted by Crippen LogP contribution is 2.18. The molecule has 0 spiro atoms. The van der Waals surface area contributed by atoms with Gasteiger partial charge in [-0.15, -0.1) is 0 Å². The van der Waals surface area contributed by atoms with E-state index in [1.54, 1.807) is 12.3 Å². The highest BCUT2D eigenvalue weighted by atomic mass is 79.9. The molecule has 0 atom stereocenters. The Hall–Kier alpha value is -1.23. The Morgan fingerprint density at radius 2 is 2.42 bits per heavy atom. The van der Waals surface area contributed by atoms with E-state index in [4.69, 9.17) is 0 Å². The number of imidazole rings is 1. The molecule has 4 nitrogen and oxygen atoms in total. The molecule has 60 valence electrons. The van der Waals surface area contributed by atoms with Crippen LogP contribution in [0.2, 0.25) is 0 Å². The van der Waals surface area contributed by atoms with E-state index in [1.165, 1.54) is 0 Å². The summed E-state index contributed by atoms with van der Waals surface area (Å²) < 4.78 is 0.855. The predicted octanol–water partition coefficient (Wildman–Crippen LogP) is 1.53. The van der Waals surface area contributed by atoms with Gasteiger partial charge in [-0.3, -0.25) is 4.79 Å². The number of carbonyl (C=O) groups excluding carboxylic acids is 1. The van der Waals surface area contributed by atoms with Gasteiger partial charge in [-0.25, -0.2) is 9.97 Å². The van der Waals surface area contributed by atoms with Gasteiger partial charge in [-0.1, -0.05) is 0 Å². The molecule has 0 aliphatic carbocycles. The van der Waals surface area contributed by atoms with Gasteiger partial charge in [0.15, 0.2) is 17.8 Å². The molecule has 5 heteroatoms. The van der Waals surface area contributed by atoms with E-state index in [2.05, 4.69) is 30.9 Å². The van der Waals surface area contributed by atoms with Crippen molar-refractivity contribution >= 4 is 33.4 Å². The van der Waals surface area contributed by atoms with E-state index in [0.29, 0.717) is 17.8 Å². The Bertz CT molecular complexity index is 437. The number of fused-ring (bicyclic) bond motifs is 1. The van der Waals surface area contributed by atoms with Gasteiger partial charge in [0.2, 0.25) is 0 Å². The SMILES string of the molecule is O=Cc1nc2nccc(Br)c2[nH]1. The van der Waals surface area contributed by atoms with Crippen molar-refractivity contribution in [1.82, 2.24) is 15.0 Å². The molecule has 0 aliphatic rings. The fourth-order valence-corrected chi connectivity index (χ4v) is 1.35. The number of hydrogen-bond donors (Lipinski definition) is 1. The highest BCUT2D eigenvalue weighted by molar-refractivity contribution is 9.10. The van der Waals surface area contributed by atoms with Gasteiger partial charge >= 0.3 is 0 Å². The van der Waals surface area contributed by atoms with Crippen LogP contribution in [0.3, 0.4) is 0 Å². The third-order valence-corrected chi connectivity index (χ3v) is 2.13. The smallest absolute Gasteiger partial charge is 0.185 e. The van der Waals surface area contributed by atoms with Crippen molar-refractivity contribution in [2.24, 2.45) is 0 Å². The van der Waals surface area contributed by atoms with Gasteiger partial charge in [0.25, 0.3) is 0 Å². The van der Waals surface area contributed by atoms with Crippen LogP contribution in [0.25, 0.3) is 11.2 Å². The molecule has 0 saturated heterocycles. The van der Waals surface area contributed by atoms with Crippen LogP contribution in [-0.2, 0) is 0 Å². The minimum atomic E-state index is 0.296. The molecular formula is C7H4BrN3O. The zero-order chi connectivity index (χ0) is 8.55. The van der Waals surface area contributed by atoms with Gasteiger partial charge in [0.1, 0.15) is 0 Å². The molecule has 0 fully saturated rings. The van der Waals surface area contributed by atoms with Gasteiger partial charge in [0, 0.05) is 10.7 Å². The van der Waals surface area contributed by atoms with E-state index in [0.717, 1.165) is 9.99 Å². The summed E-state index contributed by atoms with van der Waals surface area (Å²) in [5.74, 6) is 0.296. The predicted molar refractivity (Wildman–Crippen MR) is 47.0 cm³/mol. The molecule has 0 bridgehead atoms. The van der Waals surface area contributed by atoms with Gasteiger partial charge in [-0.05, 0) is 22.0 Å². The Kier molecular flexibility index (Phi) is 1.65. The van der Waals surface area contributed by atoms with E-state index >= 15 is 0 Å². The number of aromatic amines is 1. The maximum absolute atomic E-state index is 10.4. The maximum atomic E-state index is 10.4. The van der Waals surface area contributed by atoms with Crippen molar-refractivity contribution in [3.63, 3.8) is 0 Å². The number of aromatic nitrogens is 3. The first kappa shape index (κ1) is 7.42. The van der Waals surface area contributed by atoms with Gasteiger partial charge in [0.05, 0.1) is 5.52 Å². The first-order chi connectivity index (χ1) is 5.81. The summed E-state index contributed by atoms with van der Waals surface area (Å²) in [6.07, 6.45) is 2.29. The lowest BCUT2D eigenvalue weighted by Gasteiger charge is -1.88. The molecule has 0 radical (unpaired) electrons. The topological polar surface area (TPSA) is 58.6 Å². The van der Waals surface area contributed by atoms with Gasteiger partial charge in [-0.2, -0.15) is 0 Å². The van der Waals surface area contributed by atoms with Crippen molar-refractivity contribution in [3.05, 3.63) is 22.6 Å². The summed E-state index contributed by atoms with van der Waals surface area (Å²) in [6.45, 7) is 0. The number of H-pyrrole nitrogens is 1. The third kappa shape index (κ3) is 1.02. The van der Waals surface area contributed by atoms with E-state index in [9.17, 15) is 4.79 Å². The molecule has 0 aromatic carbocycles. The van der Waals surface area contributed by atoms with Crippen LogP contribution in [0.15, 0.2) is 16.7 Å². The molecule has 1 N–H and O–H groups in total. The number of carbonyl (C=O) groups is 1. The molecule has 2 heterocycles. The zero-order valence-corrected chi connectivity index (χ0v) is 7.50. The second-order valence-electron chi connectivity index (χ2n) is 2.23. The number of nitrogens with zero attached hydrogens (tertiary/aromatic N) is 2. The average molecular weight is 226 g/mol. The number of hydrogen-bond acceptors (Lipinski definition) is 3. The summed E-state index contributed by atoms with van der Waals surface area (Å²) in [5, 5.41) is 0. The maximum Gasteiger partial charge on any atom is 0.185 e. The van der Waals surface area contributed by atoms with Crippen LogP contribution in [0.4, 0.5) is 0 Å². The second-order valence-corrected chi connectivity index (χ2v) is 3.09. The number of aldehydes is 1. The molecule has 2 rings (SSSR count). The molecule has 2 aromatic heterocycles. The van der Waals surface area contributed by atoms with Crippen LogP contribution in [0.1, 0.15) is 10.6 Å². The van der Waals surface area contributed by atoms with Crippen LogP contribution < -0.4 is 0 Å². The molecule has 0 saturated carbocycles. The Balaban J connectivity index is 2.82. The Morgan fingerprint density at radius 3 is 3.08 bits per heavy atom. The lowest BCUT2D eigenvalue weighted by molar-refractivity contribution is 0.111. The van der Waals surface area contributed by atoms with Crippen LogP contribution >= 0.6 is 15.9 Å². The fraction of sp³-hybridized carbons (Fsp3) is 0. The standard InChI is InChI=1S/C7H4BrN3O/c8-4-1-2-9-7-6(4)10-5(3-12)11-7/h1-3H,(H,9,10,11). The van der Waals surface area contributed by atoms with Crippen LogP contribution in [0, 0.1) is 0 Å². The number of rotatable bonds is 1. The molecule has 0 amide bonds. The molecule has 2 aromatic rings. The molecule has 0 unspecified atom stereocenters. The minimum absolute atomic E-state index is 0.296. The van der Waals surface area contributed by atoms with E-state index in [-0.39, 0.29) is 0 Å². The molecule has 0 aliphatic heterocycles. The monoisotopic (exact) mass is 225 g/mol. The van der Waals surface area contributed by atoms with Crippen LogP contribution in [-0.4, -0.2) is 21.2 Å². The van der Waals surface area contributed by atoms with E-state index < -0.39 is 0 Å².